The second kappa shape index (κ2) is 5.64. The van der Waals surface area contributed by atoms with Crippen LogP contribution < -0.4 is 0 Å². The van der Waals surface area contributed by atoms with Gasteiger partial charge in [-0.1, -0.05) is 18.2 Å². The van der Waals surface area contributed by atoms with Gasteiger partial charge in [0.2, 0.25) is 0 Å². The number of carbonyl (C=O) groups is 2. The fraction of sp³-hybridized carbons (Fsp3) is 0.353. The molecule has 0 saturated heterocycles. The molecule has 0 unspecified atom stereocenters. The van der Waals surface area contributed by atoms with Gasteiger partial charge in [0.05, 0.1) is 11.1 Å². The highest BCUT2D eigenvalue weighted by Gasteiger charge is 2.27. The molecule has 2 aromatic rings. The number of hydrogen-bond acceptors (Lipinski definition) is 4. The zero-order chi connectivity index (χ0) is 14.8. The molecule has 1 atom stereocenters. The van der Waals surface area contributed by atoms with E-state index < -0.39 is 12.1 Å². The first-order chi connectivity index (χ1) is 10.1. The zero-order valence-corrected chi connectivity index (χ0v) is 12.0. The molecule has 0 amide bonds. The fourth-order valence-electron chi connectivity index (χ4n) is 2.74. The predicted octanol–water partition coefficient (Wildman–Crippen LogP) is 3.21. The molecule has 4 heteroatoms. The SMILES string of the molecule is Cc1cc(C(=O)O[C@@H]2CCCCC2=O)c2ccccc2n1. The average Bonchev–Trinajstić information content (AvgIpc) is 2.48. The number of carbonyl (C=O) groups excluding carboxylic acids is 2. The van der Waals surface area contributed by atoms with Gasteiger partial charge in [-0.05, 0) is 38.3 Å². The minimum Gasteiger partial charge on any atom is -0.451 e. The first-order valence-electron chi connectivity index (χ1n) is 7.25. The first kappa shape index (κ1) is 13.7. The number of Topliss-reactive ketones (excluding diaryl/α,β-unsaturated/α-hetero) is 1. The van der Waals surface area contributed by atoms with E-state index >= 15 is 0 Å². The van der Waals surface area contributed by atoms with E-state index in [9.17, 15) is 9.59 Å². The van der Waals surface area contributed by atoms with Crippen LogP contribution >= 0.6 is 0 Å². The molecule has 0 aliphatic heterocycles. The summed E-state index contributed by atoms with van der Waals surface area (Å²) in [7, 11) is 0. The van der Waals surface area contributed by atoms with Crippen LogP contribution in [-0.4, -0.2) is 22.8 Å². The molecule has 1 aromatic heterocycles. The number of pyridine rings is 1. The van der Waals surface area contributed by atoms with E-state index in [0.29, 0.717) is 18.4 Å². The summed E-state index contributed by atoms with van der Waals surface area (Å²) in [5.41, 5.74) is 2.01. The first-order valence-corrected chi connectivity index (χ1v) is 7.25. The van der Waals surface area contributed by atoms with Crippen LogP contribution in [0, 0.1) is 6.92 Å². The summed E-state index contributed by atoms with van der Waals surface area (Å²) in [5.74, 6) is -0.401. The number of esters is 1. The van der Waals surface area contributed by atoms with Crippen LogP contribution in [0.15, 0.2) is 30.3 Å². The van der Waals surface area contributed by atoms with Crippen molar-refractivity contribution in [3.63, 3.8) is 0 Å². The Balaban J connectivity index is 1.92. The van der Waals surface area contributed by atoms with E-state index in [4.69, 9.17) is 4.74 Å². The molecule has 4 nitrogen and oxygen atoms in total. The van der Waals surface area contributed by atoms with Gasteiger partial charge in [0, 0.05) is 17.5 Å². The van der Waals surface area contributed by atoms with Crippen molar-refractivity contribution in [2.45, 2.75) is 38.7 Å². The summed E-state index contributed by atoms with van der Waals surface area (Å²) in [6, 6.07) is 9.18. The third-order valence-electron chi connectivity index (χ3n) is 3.81. The van der Waals surface area contributed by atoms with Gasteiger partial charge in [0.25, 0.3) is 0 Å². The standard InChI is InChI=1S/C17H17NO3/c1-11-10-13(12-6-2-3-7-14(12)18-11)17(20)21-16-9-5-4-8-15(16)19/h2-3,6-7,10,16H,4-5,8-9H2,1H3/t16-/m1/s1. The van der Waals surface area contributed by atoms with Crippen molar-refractivity contribution in [2.75, 3.05) is 0 Å². The number of ether oxygens (including phenoxy) is 1. The molecule has 0 bridgehead atoms. The van der Waals surface area contributed by atoms with Crippen LogP contribution in [0.2, 0.25) is 0 Å². The van der Waals surface area contributed by atoms with Gasteiger partial charge in [0.1, 0.15) is 0 Å². The van der Waals surface area contributed by atoms with Crippen molar-refractivity contribution in [1.82, 2.24) is 4.98 Å². The normalized spacial score (nSPS) is 18.7. The Morgan fingerprint density at radius 3 is 2.90 bits per heavy atom. The second-order valence-corrected chi connectivity index (χ2v) is 5.43. The Kier molecular flexibility index (Phi) is 3.69. The minimum atomic E-state index is -0.585. The quantitative estimate of drug-likeness (QED) is 0.794. The number of aryl methyl sites for hydroxylation is 1. The monoisotopic (exact) mass is 283 g/mol. The van der Waals surface area contributed by atoms with E-state index in [0.717, 1.165) is 29.4 Å². The van der Waals surface area contributed by atoms with Gasteiger partial charge < -0.3 is 4.74 Å². The van der Waals surface area contributed by atoms with Crippen LogP contribution in [0.3, 0.4) is 0 Å². The van der Waals surface area contributed by atoms with Crippen LogP contribution in [0.25, 0.3) is 10.9 Å². The van der Waals surface area contributed by atoms with Gasteiger partial charge in [-0.25, -0.2) is 4.79 Å². The molecule has 1 aliphatic carbocycles. The molecule has 0 spiro atoms. The summed E-state index contributed by atoms with van der Waals surface area (Å²) in [4.78, 5) is 28.6. The zero-order valence-electron chi connectivity index (χ0n) is 12.0. The van der Waals surface area contributed by atoms with Crippen molar-refractivity contribution in [2.24, 2.45) is 0 Å². The van der Waals surface area contributed by atoms with Crippen molar-refractivity contribution < 1.29 is 14.3 Å². The maximum Gasteiger partial charge on any atom is 0.339 e. The van der Waals surface area contributed by atoms with Crippen molar-refractivity contribution in [1.29, 1.82) is 0 Å². The van der Waals surface area contributed by atoms with Gasteiger partial charge in [-0.2, -0.15) is 0 Å². The highest BCUT2D eigenvalue weighted by Crippen LogP contribution is 2.22. The number of benzene rings is 1. The second-order valence-electron chi connectivity index (χ2n) is 5.43. The van der Waals surface area contributed by atoms with E-state index in [-0.39, 0.29) is 5.78 Å². The number of rotatable bonds is 2. The molecule has 108 valence electrons. The summed E-state index contributed by atoms with van der Waals surface area (Å²) < 4.78 is 5.44. The summed E-state index contributed by atoms with van der Waals surface area (Å²) in [6.45, 7) is 1.84. The molecule has 0 radical (unpaired) electrons. The third-order valence-corrected chi connectivity index (χ3v) is 3.81. The summed E-state index contributed by atoms with van der Waals surface area (Å²) >= 11 is 0. The topological polar surface area (TPSA) is 56.3 Å². The number of hydrogen-bond donors (Lipinski definition) is 0. The van der Waals surface area contributed by atoms with Crippen molar-refractivity contribution >= 4 is 22.7 Å². The molecule has 3 rings (SSSR count). The molecular weight excluding hydrogens is 266 g/mol. The molecule has 1 aromatic carbocycles. The Morgan fingerprint density at radius 2 is 2.10 bits per heavy atom. The number of nitrogens with zero attached hydrogens (tertiary/aromatic N) is 1. The average molecular weight is 283 g/mol. The molecule has 1 saturated carbocycles. The summed E-state index contributed by atoms with van der Waals surface area (Å²) in [6.07, 6.45) is 2.38. The van der Waals surface area contributed by atoms with Crippen molar-refractivity contribution in [3.05, 3.63) is 41.6 Å². The molecule has 1 fully saturated rings. The highest BCUT2D eigenvalue weighted by molar-refractivity contribution is 6.04. The van der Waals surface area contributed by atoms with E-state index in [1.807, 2.05) is 31.2 Å². The Bertz CT molecular complexity index is 708. The third kappa shape index (κ3) is 2.79. The smallest absolute Gasteiger partial charge is 0.339 e. The van der Waals surface area contributed by atoms with Crippen LogP contribution in [-0.2, 0) is 9.53 Å². The van der Waals surface area contributed by atoms with Gasteiger partial charge in [-0.3, -0.25) is 9.78 Å². The van der Waals surface area contributed by atoms with Crippen LogP contribution in [0.4, 0.5) is 0 Å². The minimum absolute atomic E-state index is 0.0321. The fourth-order valence-corrected chi connectivity index (χ4v) is 2.74. The van der Waals surface area contributed by atoms with Crippen molar-refractivity contribution in [3.8, 4) is 0 Å². The number of ketones is 1. The molecule has 0 N–H and O–H groups in total. The lowest BCUT2D eigenvalue weighted by Gasteiger charge is -2.21. The summed E-state index contributed by atoms with van der Waals surface area (Å²) in [5, 5.41) is 0.761. The van der Waals surface area contributed by atoms with E-state index in [2.05, 4.69) is 4.98 Å². The van der Waals surface area contributed by atoms with Crippen LogP contribution in [0.5, 0.6) is 0 Å². The van der Waals surface area contributed by atoms with Gasteiger partial charge in [-0.15, -0.1) is 0 Å². The maximum atomic E-state index is 12.4. The van der Waals surface area contributed by atoms with E-state index in [1.165, 1.54) is 0 Å². The largest absolute Gasteiger partial charge is 0.451 e. The molecule has 1 heterocycles. The predicted molar refractivity (Wildman–Crippen MR) is 79.2 cm³/mol. The maximum absolute atomic E-state index is 12.4. The number of aromatic nitrogens is 1. The van der Waals surface area contributed by atoms with Gasteiger partial charge >= 0.3 is 5.97 Å². The Morgan fingerprint density at radius 1 is 1.29 bits per heavy atom. The molecular formula is C17H17NO3. The molecule has 21 heavy (non-hydrogen) atoms. The van der Waals surface area contributed by atoms with Crippen LogP contribution in [0.1, 0.15) is 41.7 Å². The lowest BCUT2D eigenvalue weighted by atomic mass is 9.96. The molecule has 1 aliphatic rings. The lowest BCUT2D eigenvalue weighted by molar-refractivity contribution is -0.129. The van der Waals surface area contributed by atoms with Gasteiger partial charge in [0.15, 0.2) is 11.9 Å². The number of para-hydroxylation sites is 1. The van der Waals surface area contributed by atoms with E-state index in [1.54, 1.807) is 6.07 Å². The Labute approximate surface area is 123 Å². The highest BCUT2D eigenvalue weighted by atomic mass is 16.5. The number of fused-ring (bicyclic) bond motifs is 1. The Hall–Kier alpha value is -2.23. The lowest BCUT2D eigenvalue weighted by Crippen LogP contribution is -2.30.